The summed E-state index contributed by atoms with van der Waals surface area (Å²) in [7, 11) is 1.55. The zero-order chi connectivity index (χ0) is 16.4. The number of rotatable bonds is 3. The summed E-state index contributed by atoms with van der Waals surface area (Å²) in [5.74, 6) is 3.14. The van der Waals surface area contributed by atoms with E-state index in [-0.39, 0.29) is 5.69 Å². The highest BCUT2D eigenvalue weighted by atomic mass is 16.6. The van der Waals surface area contributed by atoms with Gasteiger partial charge in [0.2, 0.25) is 0 Å². The number of pyridine rings is 1. The fraction of sp³-hybridized carbons (Fsp3) is 0.0556. The maximum Gasteiger partial charge on any atom is 0.303 e. The number of hydrogen-bond acceptors (Lipinski definition) is 4. The van der Waals surface area contributed by atoms with Gasteiger partial charge in [0.05, 0.1) is 17.4 Å². The van der Waals surface area contributed by atoms with Crippen LogP contribution in [0.1, 0.15) is 5.56 Å². The van der Waals surface area contributed by atoms with Crippen LogP contribution in [0.3, 0.4) is 0 Å². The van der Waals surface area contributed by atoms with Gasteiger partial charge in [-0.1, -0.05) is 18.1 Å². The molecule has 5 heteroatoms. The number of nitrogens with zero attached hydrogens (tertiary/aromatic N) is 2. The zero-order valence-electron chi connectivity index (χ0n) is 12.3. The van der Waals surface area contributed by atoms with Crippen LogP contribution >= 0.6 is 0 Å². The number of benzene rings is 2. The molecule has 0 saturated carbocycles. The molecule has 23 heavy (non-hydrogen) atoms. The fourth-order valence-electron chi connectivity index (χ4n) is 2.43. The van der Waals surface area contributed by atoms with E-state index in [4.69, 9.17) is 11.2 Å². The Morgan fingerprint density at radius 3 is 2.57 bits per heavy atom. The van der Waals surface area contributed by atoms with Crippen molar-refractivity contribution in [3.63, 3.8) is 0 Å². The Hall–Kier alpha value is -3.39. The highest BCUT2D eigenvalue weighted by Gasteiger charge is 2.21. The van der Waals surface area contributed by atoms with E-state index in [1.807, 2.05) is 0 Å². The Kier molecular flexibility index (Phi) is 3.65. The quantitative estimate of drug-likeness (QED) is 0.419. The van der Waals surface area contributed by atoms with E-state index in [1.54, 1.807) is 55.8 Å². The van der Waals surface area contributed by atoms with Gasteiger partial charge in [-0.25, -0.2) is 4.98 Å². The lowest BCUT2D eigenvalue weighted by atomic mass is 10.0. The molecule has 1 aromatic heterocycles. The van der Waals surface area contributed by atoms with Gasteiger partial charge in [-0.15, -0.1) is 6.42 Å². The third-order valence-electron chi connectivity index (χ3n) is 3.58. The summed E-state index contributed by atoms with van der Waals surface area (Å²) in [6.07, 6.45) is 6.94. The molecule has 0 aliphatic heterocycles. The number of methoxy groups -OCH3 is 1. The normalized spacial score (nSPS) is 10.3. The molecular formula is C18H12N2O3. The van der Waals surface area contributed by atoms with Crippen molar-refractivity contribution in [1.82, 2.24) is 4.98 Å². The number of nitro groups is 1. The van der Waals surface area contributed by atoms with Gasteiger partial charge >= 0.3 is 5.69 Å². The summed E-state index contributed by atoms with van der Waals surface area (Å²) in [4.78, 5) is 15.5. The average Bonchev–Trinajstić information content (AvgIpc) is 2.60. The van der Waals surface area contributed by atoms with Gasteiger partial charge in [0.15, 0.2) is 0 Å². The van der Waals surface area contributed by atoms with Gasteiger partial charge in [0.1, 0.15) is 11.4 Å². The molecule has 0 N–H and O–H groups in total. The van der Waals surface area contributed by atoms with E-state index in [9.17, 15) is 10.1 Å². The van der Waals surface area contributed by atoms with Crippen LogP contribution in [0.5, 0.6) is 5.75 Å². The number of hydrogen-bond donors (Lipinski definition) is 0. The largest absolute Gasteiger partial charge is 0.497 e. The molecule has 0 aliphatic rings. The van der Waals surface area contributed by atoms with Crippen molar-refractivity contribution in [1.29, 1.82) is 0 Å². The van der Waals surface area contributed by atoms with Crippen LogP contribution in [-0.4, -0.2) is 17.0 Å². The van der Waals surface area contributed by atoms with E-state index >= 15 is 0 Å². The molecule has 2 aromatic carbocycles. The van der Waals surface area contributed by atoms with Crippen LogP contribution < -0.4 is 4.74 Å². The molecule has 3 rings (SSSR count). The topological polar surface area (TPSA) is 65.3 Å². The van der Waals surface area contributed by atoms with Gasteiger partial charge in [-0.3, -0.25) is 10.1 Å². The van der Waals surface area contributed by atoms with E-state index in [1.165, 1.54) is 0 Å². The Morgan fingerprint density at radius 1 is 1.22 bits per heavy atom. The lowest BCUT2D eigenvalue weighted by molar-refractivity contribution is -0.382. The number of terminal acetylenes is 1. The van der Waals surface area contributed by atoms with Gasteiger partial charge in [-0.2, -0.15) is 0 Å². The van der Waals surface area contributed by atoms with Crippen LogP contribution in [0.2, 0.25) is 0 Å². The standard InChI is InChI=1S/C18H12N2O3/c1-3-12-4-6-13(7-5-12)17-18(20(21)22)16-9-8-15(23-2)10-14(16)11-19-17/h1,4-11H,2H3. The minimum Gasteiger partial charge on any atom is -0.497 e. The van der Waals surface area contributed by atoms with Crippen molar-refractivity contribution in [2.45, 2.75) is 0 Å². The van der Waals surface area contributed by atoms with Gasteiger partial charge in [0, 0.05) is 22.7 Å². The van der Waals surface area contributed by atoms with Crippen molar-refractivity contribution in [3.8, 4) is 29.4 Å². The molecule has 0 fully saturated rings. The minimum atomic E-state index is -0.410. The molecule has 0 spiro atoms. The van der Waals surface area contributed by atoms with Crippen molar-refractivity contribution in [2.24, 2.45) is 0 Å². The van der Waals surface area contributed by atoms with E-state index in [2.05, 4.69) is 10.9 Å². The lowest BCUT2D eigenvalue weighted by Gasteiger charge is -2.07. The number of ether oxygens (including phenoxy) is 1. The maximum atomic E-state index is 11.6. The highest BCUT2D eigenvalue weighted by Crippen LogP contribution is 2.35. The second-order valence-electron chi connectivity index (χ2n) is 4.89. The van der Waals surface area contributed by atoms with Crippen LogP contribution in [0, 0.1) is 22.5 Å². The summed E-state index contributed by atoms with van der Waals surface area (Å²) < 4.78 is 5.15. The Morgan fingerprint density at radius 2 is 1.96 bits per heavy atom. The molecule has 112 valence electrons. The molecular weight excluding hydrogens is 292 g/mol. The monoisotopic (exact) mass is 304 g/mol. The summed E-state index contributed by atoms with van der Waals surface area (Å²) in [6.45, 7) is 0. The van der Waals surface area contributed by atoms with Crippen LogP contribution in [0.4, 0.5) is 5.69 Å². The second-order valence-corrected chi connectivity index (χ2v) is 4.89. The Bertz CT molecular complexity index is 941. The first kappa shape index (κ1) is 14.5. The summed E-state index contributed by atoms with van der Waals surface area (Å²) in [6, 6.07) is 12.0. The molecule has 1 heterocycles. The minimum absolute atomic E-state index is 0.0291. The Labute approximate surface area is 132 Å². The highest BCUT2D eigenvalue weighted by molar-refractivity contribution is 5.96. The first-order chi connectivity index (χ1) is 11.1. The van der Waals surface area contributed by atoms with Crippen molar-refractivity contribution in [3.05, 3.63) is 64.3 Å². The maximum absolute atomic E-state index is 11.6. The molecule has 3 aromatic rings. The first-order valence-corrected chi connectivity index (χ1v) is 6.82. The molecule has 0 saturated heterocycles. The third-order valence-corrected chi connectivity index (χ3v) is 3.58. The van der Waals surface area contributed by atoms with Crippen LogP contribution in [0.25, 0.3) is 22.0 Å². The smallest absolute Gasteiger partial charge is 0.303 e. The lowest BCUT2D eigenvalue weighted by Crippen LogP contribution is -1.97. The average molecular weight is 304 g/mol. The molecule has 0 radical (unpaired) electrons. The van der Waals surface area contributed by atoms with Gasteiger partial charge < -0.3 is 4.74 Å². The summed E-state index contributed by atoms with van der Waals surface area (Å²) in [5, 5.41) is 12.8. The summed E-state index contributed by atoms with van der Waals surface area (Å²) >= 11 is 0. The zero-order valence-corrected chi connectivity index (χ0v) is 12.3. The van der Waals surface area contributed by atoms with Crippen LogP contribution in [0.15, 0.2) is 48.7 Å². The Balaban J connectivity index is 2.26. The number of aromatic nitrogens is 1. The predicted molar refractivity (Wildman–Crippen MR) is 88.3 cm³/mol. The third kappa shape index (κ3) is 2.58. The van der Waals surface area contributed by atoms with Gasteiger partial charge in [0.25, 0.3) is 0 Å². The first-order valence-electron chi connectivity index (χ1n) is 6.82. The molecule has 0 unspecified atom stereocenters. The van der Waals surface area contributed by atoms with Gasteiger partial charge in [-0.05, 0) is 30.3 Å². The summed E-state index contributed by atoms with van der Waals surface area (Å²) in [5.41, 5.74) is 1.64. The van der Waals surface area contributed by atoms with E-state index < -0.39 is 4.92 Å². The number of fused-ring (bicyclic) bond motifs is 1. The SMILES string of the molecule is C#Cc1ccc(-c2ncc3cc(OC)ccc3c2[N+](=O)[O-])cc1. The van der Waals surface area contributed by atoms with E-state index in [0.717, 1.165) is 0 Å². The second kappa shape index (κ2) is 5.78. The molecule has 0 bridgehead atoms. The fourth-order valence-corrected chi connectivity index (χ4v) is 2.43. The molecule has 0 aliphatic carbocycles. The van der Waals surface area contributed by atoms with Crippen molar-refractivity contribution in [2.75, 3.05) is 7.11 Å². The molecule has 0 amide bonds. The molecule has 0 atom stereocenters. The molecule has 5 nitrogen and oxygen atoms in total. The van der Waals surface area contributed by atoms with Crippen molar-refractivity contribution < 1.29 is 9.66 Å². The predicted octanol–water partition coefficient (Wildman–Crippen LogP) is 3.80. The van der Waals surface area contributed by atoms with E-state index in [0.29, 0.717) is 33.3 Å². The van der Waals surface area contributed by atoms with Crippen LogP contribution in [-0.2, 0) is 0 Å². The van der Waals surface area contributed by atoms with Crippen molar-refractivity contribution >= 4 is 16.5 Å².